The number of rotatable bonds is 1. The van der Waals surface area contributed by atoms with E-state index in [1.165, 1.54) is 0 Å². The van der Waals surface area contributed by atoms with Gasteiger partial charge in [0.1, 0.15) is 5.78 Å². The lowest BCUT2D eigenvalue weighted by Crippen LogP contribution is -2.55. The molecule has 0 radical (unpaired) electrons. The summed E-state index contributed by atoms with van der Waals surface area (Å²) in [6.45, 7) is 8.17. The van der Waals surface area contributed by atoms with Crippen LogP contribution in [0.3, 0.4) is 0 Å². The maximum absolute atomic E-state index is 11.6. The van der Waals surface area contributed by atoms with Crippen LogP contribution in [0.15, 0.2) is 12.2 Å². The van der Waals surface area contributed by atoms with Crippen molar-refractivity contribution < 1.29 is 9.90 Å². The summed E-state index contributed by atoms with van der Waals surface area (Å²) in [6.07, 6.45) is 4.72. The minimum Gasteiger partial charge on any atom is -0.389 e. The smallest absolute Gasteiger partial charge is 0.135 e. The van der Waals surface area contributed by atoms with E-state index < -0.39 is 5.60 Å². The summed E-state index contributed by atoms with van der Waals surface area (Å²) in [4.78, 5) is 11.6. The van der Waals surface area contributed by atoms with E-state index in [1.807, 2.05) is 6.92 Å². The van der Waals surface area contributed by atoms with E-state index in [2.05, 4.69) is 13.5 Å². The van der Waals surface area contributed by atoms with Crippen molar-refractivity contribution in [3.63, 3.8) is 0 Å². The van der Waals surface area contributed by atoms with E-state index in [-0.39, 0.29) is 11.2 Å². The molecule has 2 rings (SSSR count). The van der Waals surface area contributed by atoms with Gasteiger partial charge in [0.05, 0.1) is 5.60 Å². The Morgan fingerprint density at radius 2 is 2.19 bits per heavy atom. The first-order chi connectivity index (χ1) is 7.36. The molecular weight excluding hydrogens is 200 g/mol. The molecule has 2 nitrogen and oxygen atoms in total. The Kier molecular flexibility index (Phi) is 2.73. The molecule has 2 fully saturated rings. The normalized spacial score (nSPS) is 43.9. The number of ketones is 1. The van der Waals surface area contributed by atoms with E-state index in [9.17, 15) is 9.90 Å². The van der Waals surface area contributed by atoms with Crippen molar-refractivity contribution in [2.45, 2.75) is 58.0 Å². The van der Waals surface area contributed by atoms with Crippen molar-refractivity contribution in [1.29, 1.82) is 0 Å². The van der Waals surface area contributed by atoms with E-state index in [0.717, 1.165) is 31.3 Å². The van der Waals surface area contributed by atoms with Gasteiger partial charge in [0.25, 0.3) is 0 Å². The first-order valence-corrected chi connectivity index (χ1v) is 6.26. The van der Waals surface area contributed by atoms with Gasteiger partial charge < -0.3 is 5.11 Å². The van der Waals surface area contributed by atoms with Gasteiger partial charge in [-0.05, 0) is 43.9 Å². The second-order valence-electron chi connectivity index (χ2n) is 6.09. The molecule has 2 aliphatic rings. The van der Waals surface area contributed by atoms with Gasteiger partial charge >= 0.3 is 0 Å². The van der Waals surface area contributed by atoms with Crippen LogP contribution in [0.4, 0.5) is 0 Å². The molecule has 0 unspecified atom stereocenters. The fourth-order valence-electron chi connectivity index (χ4n) is 3.38. The molecule has 2 heteroatoms. The number of allylic oxidation sites excluding steroid dienone is 1. The third kappa shape index (κ3) is 1.73. The minimum absolute atomic E-state index is 0.0488. The maximum atomic E-state index is 11.6. The fourth-order valence-corrected chi connectivity index (χ4v) is 3.38. The average Bonchev–Trinajstić information content (AvgIpc) is 2.18. The van der Waals surface area contributed by atoms with Gasteiger partial charge in [0, 0.05) is 12.8 Å². The van der Waals surface area contributed by atoms with Crippen LogP contribution in [0.25, 0.3) is 0 Å². The highest BCUT2D eigenvalue weighted by Crippen LogP contribution is 2.54. The second-order valence-corrected chi connectivity index (χ2v) is 6.09. The molecule has 16 heavy (non-hydrogen) atoms. The molecule has 0 aromatic carbocycles. The number of Topliss-reactive ketones (excluding diaryl/α,β-unsaturated/α-hetero) is 1. The molecule has 3 atom stereocenters. The van der Waals surface area contributed by atoms with Gasteiger partial charge in [-0.3, -0.25) is 4.79 Å². The van der Waals surface area contributed by atoms with E-state index in [1.54, 1.807) is 0 Å². The average molecular weight is 222 g/mol. The number of carbonyl (C=O) groups excluding carboxylic acids is 1. The van der Waals surface area contributed by atoms with Crippen LogP contribution in [0.1, 0.15) is 52.4 Å². The number of fused-ring (bicyclic) bond motifs is 1. The van der Waals surface area contributed by atoms with Crippen molar-refractivity contribution in [3.8, 4) is 0 Å². The maximum Gasteiger partial charge on any atom is 0.135 e. The number of aliphatic hydroxyl groups is 1. The highest BCUT2D eigenvalue weighted by atomic mass is 16.3. The van der Waals surface area contributed by atoms with Crippen LogP contribution in [-0.2, 0) is 4.79 Å². The standard InChI is InChI=1S/C14H22O2/c1-10(2)11-4-6-13(3)7-5-12(15)9-14(13,16)8-11/h11,16H,1,4-9H2,2-3H3/t11-,13-,14+/m0/s1. The van der Waals surface area contributed by atoms with Gasteiger partial charge in [-0.25, -0.2) is 0 Å². The number of carbonyl (C=O) groups is 1. The second kappa shape index (κ2) is 3.69. The Hall–Kier alpha value is -0.630. The molecule has 1 N–H and O–H groups in total. The molecule has 0 aromatic rings. The lowest BCUT2D eigenvalue weighted by Gasteiger charge is -2.53. The molecule has 0 heterocycles. The summed E-state index contributed by atoms with van der Waals surface area (Å²) in [5.74, 6) is 0.617. The van der Waals surface area contributed by atoms with Crippen LogP contribution in [0.2, 0.25) is 0 Å². The molecule has 0 bridgehead atoms. The van der Waals surface area contributed by atoms with E-state index in [4.69, 9.17) is 0 Å². The Balaban J connectivity index is 2.23. The summed E-state index contributed by atoms with van der Waals surface area (Å²) >= 11 is 0. The van der Waals surface area contributed by atoms with Crippen LogP contribution in [-0.4, -0.2) is 16.5 Å². The molecular formula is C14H22O2. The molecule has 0 amide bonds. The van der Waals surface area contributed by atoms with Crippen LogP contribution < -0.4 is 0 Å². The third-order valence-electron chi connectivity index (χ3n) is 4.89. The quantitative estimate of drug-likeness (QED) is 0.693. The van der Waals surface area contributed by atoms with Crippen LogP contribution >= 0.6 is 0 Å². The van der Waals surface area contributed by atoms with Crippen molar-refractivity contribution >= 4 is 5.78 Å². The predicted octanol–water partition coefficient (Wildman–Crippen LogP) is 2.85. The topological polar surface area (TPSA) is 37.3 Å². The van der Waals surface area contributed by atoms with Crippen LogP contribution in [0.5, 0.6) is 0 Å². The molecule has 2 aliphatic carbocycles. The van der Waals surface area contributed by atoms with Gasteiger partial charge in [-0.15, -0.1) is 0 Å². The molecule has 0 aromatic heterocycles. The Labute approximate surface area is 97.7 Å². The lowest BCUT2D eigenvalue weighted by atomic mass is 9.54. The zero-order chi connectivity index (χ0) is 12.0. The first-order valence-electron chi connectivity index (χ1n) is 6.26. The Bertz CT molecular complexity index is 334. The molecule has 90 valence electrons. The summed E-state index contributed by atoms with van der Waals surface area (Å²) < 4.78 is 0. The Morgan fingerprint density at radius 3 is 2.81 bits per heavy atom. The monoisotopic (exact) mass is 222 g/mol. The number of hydrogen-bond donors (Lipinski definition) is 1. The van der Waals surface area contributed by atoms with Crippen molar-refractivity contribution in [1.82, 2.24) is 0 Å². The summed E-state index contributed by atoms with van der Waals surface area (Å²) in [7, 11) is 0. The van der Waals surface area contributed by atoms with Gasteiger partial charge in [0.2, 0.25) is 0 Å². The Morgan fingerprint density at radius 1 is 1.50 bits per heavy atom. The molecule has 0 spiro atoms. The highest BCUT2D eigenvalue weighted by Gasteiger charge is 2.53. The predicted molar refractivity (Wildman–Crippen MR) is 64.1 cm³/mol. The van der Waals surface area contributed by atoms with Gasteiger partial charge in [0.15, 0.2) is 0 Å². The van der Waals surface area contributed by atoms with Crippen molar-refractivity contribution in [2.24, 2.45) is 11.3 Å². The van der Waals surface area contributed by atoms with Crippen molar-refractivity contribution in [2.75, 3.05) is 0 Å². The highest BCUT2D eigenvalue weighted by molar-refractivity contribution is 5.80. The van der Waals surface area contributed by atoms with Gasteiger partial charge in [-0.1, -0.05) is 19.1 Å². The SMILES string of the molecule is C=C(C)[C@H]1CC[C@@]2(C)CCC(=O)C[C@]2(O)C1. The fraction of sp³-hybridized carbons (Fsp3) is 0.786. The van der Waals surface area contributed by atoms with Crippen LogP contribution in [0, 0.1) is 11.3 Å². The van der Waals surface area contributed by atoms with E-state index in [0.29, 0.717) is 18.8 Å². The zero-order valence-electron chi connectivity index (χ0n) is 10.4. The minimum atomic E-state index is -0.774. The largest absolute Gasteiger partial charge is 0.389 e. The molecule has 0 saturated heterocycles. The van der Waals surface area contributed by atoms with Gasteiger partial charge in [-0.2, -0.15) is 0 Å². The van der Waals surface area contributed by atoms with Crippen molar-refractivity contribution in [3.05, 3.63) is 12.2 Å². The summed E-state index contributed by atoms with van der Waals surface area (Å²) in [5, 5.41) is 10.8. The lowest BCUT2D eigenvalue weighted by molar-refractivity contribution is -0.159. The third-order valence-corrected chi connectivity index (χ3v) is 4.89. The first kappa shape index (κ1) is 11.8. The summed E-state index contributed by atoms with van der Waals surface area (Å²) in [6, 6.07) is 0. The number of hydrogen-bond acceptors (Lipinski definition) is 2. The van der Waals surface area contributed by atoms with E-state index >= 15 is 0 Å². The molecule has 2 saturated carbocycles. The molecule has 0 aliphatic heterocycles. The zero-order valence-corrected chi connectivity index (χ0v) is 10.4. The summed E-state index contributed by atoms with van der Waals surface area (Å²) in [5.41, 5.74) is 0.324.